The van der Waals surface area contributed by atoms with E-state index in [0.29, 0.717) is 0 Å². The number of carboxylic acids is 1. The van der Waals surface area contributed by atoms with Crippen molar-refractivity contribution in [3.8, 4) is 0 Å². The van der Waals surface area contributed by atoms with Gasteiger partial charge in [0.15, 0.2) is 6.04 Å². The smallest absolute Gasteiger partial charge is 0.410 e. The normalized spacial score (nSPS) is 13.1. The van der Waals surface area contributed by atoms with Crippen LogP contribution in [0.2, 0.25) is 0 Å². The molecule has 1 amide bonds. The van der Waals surface area contributed by atoms with Gasteiger partial charge in [-0.15, -0.1) is 0 Å². The summed E-state index contributed by atoms with van der Waals surface area (Å²) in [5.41, 5.74) is -0.731. The first-order valence-electron chi connectivity index (χ1n) is 4.43. The lowest BCUT2D eigenvalue weighted by Crippen LogP contribution is -2.46. The number of alkyl halides is 1. The van der Waals surface area contributed by atoms with E-state index in [-0.39, 0.29) is 0 Å². The van der Waals surface area contributed by atoms with Crippen LogP contribution >= 0.6 is 0 Å². The van der Waals surface area contributed by atoms with E-state index < -0.39 is 30.4 Å². The number of rotatable bonds is 3. The maximum atomic E-state index is 12.3. The molecule has 6 heteroatoms. The van der Waals surface area contributed by atoms with Gasteiger partial charge < -0.3 is 9.84 Å². The maximum absolute atomic E-state index is 12.3. The summed E-state index contributed by atoms with van der Waals surface area (Å²) in [6, 6.07) is -1.50. The Morgan fingerprint density at radius 3 is 2.20 bits per heavy atom. The Morgan fingerprint density at radius 2 is 1.93 bits per heavy atom. The minimum Gasteiger partial charge on any atom is -0.480 e. The number of halogens is 1. The van der Waals surface area contributed by atoms with Crippen molar-refractivity contribution in [1.82, 2.24) is 4.90 Å². The monoisotopic (exact) mass is 221 g/mol. The minimum atomic E-state index is -1.50. The van der Waals surface area contributed by atoms with Crippen molar-refractivity contribution in [3.63, 3.8) is 0 Å². The Kier molecular flexibility index (Phi) is 4.51. The molecular weight excluding hydrogens is 205 g/mol. The number of hydrogen-bond donors (Lipinski definition) is 1. The molecule has 0 aromatic rings. The SMILES string of the molecule is CN(C(=O)OC(C)(C)C)[C@@H](CF)C(=O)O. The van der Waals surface area contributed by atoms with Gasteiger partial charge in [-0.25, -0.2) is 14.0 Å². The van der Waals surface area contributed by atoms with Gasteiger partial charge in [-0.2, -0.15) is 0 Å². The van der Waals surface area contributed by atoms with Crippen LogP contribution in [-0.4, -0.2) is 47.4 Å². The second kappa shape index (κ2) is 4.95. The molecule has 0 bridgehead atoms. The summed E-state index contributed by atoms with van der Waals surface area (Å²) < 4.78 is 17.2. The van der Waals surface area contributed by atoms with Crippen LogP contribution < -0.4 is 0 Å². The predicted molar refractivity (Wildman–Crippen MR) is 51.4 cm³/mol. The largest absolute Gasteiger partial charge is 0.480 e. The Morgan fingerprint density at radius 1 is 1.47 bits per heavy atom. The second-order valence-corrected chi connectivity index (χ2v) is 4.10. The molecule has 0 aliphatic heterocycles. The number of hydrogen-bond acceptors (Lipinski definition) is 3. The molecule has 0 fully saturated rings. The molecule has 0 aliphatic rings. The van der Waals surface area contributed by atoms with Crippen LogP contribution in [-0.2, 0) is 9.53 Å². The molecule has 0 rings (SSSR count). The molecule has 0 saturated carbocycles. The van der Waals surface area contributed by atoms with E-state index in [1.807, 2.05) is 0 Å². The van der Waals surface area contributed by atoms with Crippen molar-refractivity contribution in [2.45, 2.75) is 32.4 Å². The van der Waals surface area contributed by atoms with Gasteiger partial charge in [0.2, 0.25) is 0 Å². The van der Waals surface area contributed by atoms with Gasteiger partial charge in [0, 0.05) is 7.05 Å². The second-order valence-electron chi connectivity index (χ2n) is 4.10. The summed E-state index contributed by atoms with van der Waals surface area (Å²) >= 11 is 0. The van der Waals surface area contributed by atoms with E-state index in [2.05, 4.69) is 0 Å². The van der Waals surface area contributed by atoms with Gasteiger partial charge >= 0.3 is 12.1 Å². The summed E-state index contributed by atoms with van der Waals surface area (Å²) in [5.74, 6) is -1.40. The van der Waals surface area contributed by atoms with Crippen LogP contribution in [0, 0.1) is 0 Å². The summed E-state index contributed by atoms with van der Waals surface area (Å²) in [4.78, 5) is 22.6. The van der Waals surface area contributed by atoms with Crippen LogP contribution in [0.4, 0.5) is 9.18 Å². The van der Waals surface area contributed by atoms with Crippen molar-refractivity contribution < 1.29 is 23.8 Å². The lowest BCUT2D eigenvalue weighted by atomic mass is 10.2. The van der Waals surface area contributed by atoms with Gasteiger partial charge in [-0.3, -0.25) is 4.90 Å². The summed E-state index contributed by atoms with van der Waals surface area (Å²) in [7, 11) is 1.19. The molecule has 1 atom stereocenters. The number of carboxylic acid groups (broad SMARTS) is 1. The molecule has 0 unspecified atom stereocenters. The van der Waals surface area contributed by atoms with E-state index in [4.69, 9.17) is 9.84 Å². The summed E-state index contributed by atoms with van der Waals surface area (Å²) in [6.45, 7) is 3.78. The third kappa shape index (κ3) is 4.62. The number of carbonyl (C=O) groups excluding carboxylic acids is 1. The molecule has 0 aliphatic carbocycles. The van der Waals surface area contributed by atoms with Crippen LogP contribution in [0.25, 0.3) is 0 Å². The third-order valence-corrected chi connectivity index (χ3v) is 1.58. The van der Waals surface area contributed by atoms with E-state index >= 15 is 0 Å². The molecule has 0 heterocycles. The number of carbonyl (C=O) groups is 2. The highest BCUT2D eigenvalue weighted by Crippen LogP contribution is 2.11. The number of ether oxygens (including phenoxy) is 1. The van der Waals surface area contributed by atoms with Crippen LogP contribution in [0.5, 0.6) is 0 Å². The first-order valence-corrected chi connectivity index (χ1v) is 4.43. The van der Waals surface area contributed by atoms with Crippen molar-refractivity contribution in [2.24, 2.45) is 0 Å². The first-order chi connectivity index (χ1) is 6.69. The topological polar surface area (TPSA) is 66.8 Å². The molecule has 0 spiro atoms. The van der Waals surface area contributed by atoms with E-state index in [1.165, 1.54) is 7.05 Å². The Hall–Kier alpha value is -1.33. The molecular formula is C9H16FNO4. The lowest BCUT2D eigenvalue weighted by molar-refractivity contribution is -0.143. The third-order valence-electron chi connectivity index (χ3n) is 1.58. The number of aliphatic carboxylic acids is 1. The highest BCUT2D eigenvalue weighted by Gasteiger charge is 2.29. The van der Waals surface area contributed by atoms with E-state index in [1.54, 1.807) is 20.8 Å². The Labute approximate surface area is 87.8 Å². The molecule has 0 saturated heterocycles. The highest BCUT2D eigenvalue weighted by atomic mass is 19.1. The summed E-state index contributed by atoms with van der Waals surface area (Å²) in [6.07, 6.45) is -0.854. The zero-order valence-electron chi connectivity index (χ0n) is 9.28. The Balaban J connectivity index is 4.49. The number of nitrogens with zero attached hydrogens (tertiary/aromatic N) is 1. The summed E-state index contributed by atoms with van der Waals surface area (Å²) in [5, 5.41) is 8.60. The van der Waals surface area contributed by atoms with E-state index in [0.717, 1.165) is 4.90 Å². The molecule has 0 radical (unpaired) electrons. The van der Waals surface area contributed by atoms with Crippen molar-refractivity contribution in [2.75, 3.05) is 13.7 Å². The fraction of sp³-hybridized carbons (Fsp3) is 0.778. The first kappa shape index (κ1) is 13.7. The standard InChI is InChI=1S/C9H16FNO4/c1-9(2,3)15-8(14)11(4)6(5-10)7(12)13/h6H,5H2,1-4H3,(H,12,13)/t6-/m0/s1. The van der Waals surface area contributed by atoms with Gasteiger partial charge in [0.25, 0.3) is 0 Å². The van der Waals surface area contributed by atoms with Crippen molar-refractivity contribution in [3.05, 3.63) is 0 Å². The average molecular weight is 221 g/mol. The maximum Gasteiger partial charge on any atom is 0.410 e. The minimum absolute atomic E-state index is 0.730. The Bertz CT molecular complexity index is 249. The number of likely N-dealkylation sites (N-methyl/N-ethyl adjacent to an activating group) is 1. The molecule has 15 heavy (non-hydrogen) atoms. The molecule has 1 N–H and O–H groups in total. The van der Waals surface area contributed by atoms with Gasteiger partial charge in [0.05, 0.1) is 0 Å². The van der Waals surface area contributed by atoms with Crippen LogP contribution in [0.3, 0.4) is 0 Å². The average Bonchev–Trinajstić information content (AvgIpc) is 2.01. The zero-order chi connectivity index (χ0) is 12.2. The predicted octanol–water partition coefficient (Wildman–Crippen LogP) is 1.28. The van der Waals surface area contributed by atoms with Crippen molar-refractivity contribution in [1.29, 1.82) is 0 Å². The molecule has 0 aromatic heterocycles. The fourth-order valence-corrected chi connectivity index (χ4v) is 0.796. The number of amides is 1. The quantitative estimate of drug-likeness (QED) is 0.779. The molecule has 0 aromatic carbocycles. The highest BCUT2D eigenvalue weighted by molar-refractivity contribution is 5.80. The molecule has 5 nitrogen and oxygen atoms in total. The van der Waals surface area contributed by atoms with Gasteiger partial charge in [-0.05, 0) is 20.8 Å². The zero-order valence-corrected chi connectivity index (χ0v) is 9.28. The van der Waals surface area contributed by atoms with Crippen LogP contribution in [0.15, 0.2) is 0 Å². The molecule has 88 valence electrons. The van der Waals surface area contributed by atoms with E-state index in [9.17, 15) is 14.0 Å². The van der Waals surface area contributed by atoms with Crippen molar-refractivity contribution >= 4 is 12.1 Å². The van der Waals surface area contributed by atoms with Gasteiger partial charge in [0.1, 0.15) is 12.3 Å². The van der Waals surface area contributed by atoms with Gasteiger partial charge in [-0.1, -0.05) is 0 Å². The lowest BCUT2D eigenvalue weighted by Gasteiger charge is -2.27. The van der Waals surface area contributed by atoms with Crippen LogP contribution in [0.1, 0.15) is 20.8 Å². The fourth-order valence-electron chi connectivity index (χ4n) is 0.796.